The topological polar surface area (TPSA) is 297 Å². The fourth-order valence-electron chi connectivity index (χ4n) is 5.35. The molecule has 0 spiro atoms. The summed E-state index contributed by atoms with van der Waals surface area (Å²) in [5, 5.41) is 0. The predicted molar refractivity (Wildman–Crippen MR) is 184 cm³/mol. The van der Waals surface area contributed by atoms with Gasteiger partial charge in [0.25, 0.3) is 5.56 Å². The van der Waals surface area contributed by atoms with Gasteiger partial charge in [0.2, 0.25) is 0 Å². The summed E-state index contributed by atoms with van der Waals surface area (Å²) in [6.45, 7) is -12.9. The Labute approximate surface area is 395 Å². The molecular formula is C24H33N7Na3O15P3S3. The standard InChI is InChI=1S/C24H36N7O15P3S3.3Na/c1-12-7-30(24(33)29-22(12)32)23-19(40-5-4-38-2)18(46-48(36,51)39-3)15(44-23)9-42-49(37,52)45-13-6-16(43-14(13)8-41-47(34,35)50)31-11-28-17-20(25)26-10-27-21(17)31;;;/h7,10-11,13-16,18-19,23H,4-6,8-9H2,1-3H3,(H,36,51)(H,37,52)(H2,25,26,27)(H,29,32,33)(H2,34,35,50);;;/q;3*+1/p-3/t13-,14+,15+,16+,18+,19+,23+,48?,49?;;;/m0.../s1. The van der Waals surface area contributed by atoms with Crippen LogP contribution in [-0.2, 0) is 77.0 Å². The van der Waals surface area contributed by atoms with E-state index in [-0.39, 0.29) is 125 Å². The van der Waals surface area contributed by atoms with Crippen molar-refractivity contribution in [1.29, 1.82) is 0 Å². The SMILES string of the molecule is COCCO[C@@H]1[C@H](OP([O-])(=S)OC)[C@@H](COP([O-])(=S)O[C@H]2C[C@H](n3cnc4c(N)ncnc43)O[C@@H]2COP([O-])(O)=S)O[C@H]1n1cc(C)c(=O)[nH]c1=O.[Na+].[Na+].[Na+]. The van der Waals surface area contributed by atoms with E-state index >= 15 is 0 Å². The zero-order valence-electron chi connectivity index (χ0n) is 30.4. The Morgan fingerprint density at radius 3 is 2.31 bits per heavy atom. The van der Waals surface area contributed by atoms with Crippen molar-refractivity contribution in [2.24, 2.45) is 0 Å². The van der Waals surface area contributed by atoms with Crippen molar-refractivity contribution in [2.75, 3.05) is 46.4 Å². The summed E-state index contributed by atoms with van der Waals surface area (Å²) in [6.07, 6.45) is -4.79. The van der Waals surface area contributed by atoms with Crippen LogP contribution in [0.2, 0.25) is 0 Å². The minimum Gasteiger partial charge on any atom is -0.780 e. The van der Waals surface area contributed by atoms with E-state index < -0.39 is 87.6 Å². The van der Waals surface area contributed by atoms with Crippen LogP contribution in [0.5, 0.6) is 0 Å². The van der Waals surface area contributed by atoms with E-state index in [1.807, 2.05) is 0 Å². The molecule has 4 N–H and O–H groups in total. The fraction of sp³-hybridized carbons (Fsp3) is 0.625. The van der Waals surface area contributed by atoms with Crippen LogP contribution in [0.1, 0.15) is 24.4 Å². The van der Waals surface area contributed by atoms with Crippen LogP contribution in [0.4, 0.5) is 5.82 Å². The number of methoxy groups -OCH3 is 1. The van der Waals surface area contributed by atoms with E-state index in [2.05, 4.69) is 31.7 Å². The van der Waals surface area contributed by atoms with Gasteiger partial charge < -0.3 is 66.9 Å². The first-order valence-corrected chi connectivity index (χ1v) is 22.7. The van der Waals surface area contributed by atoms with Gasteiger partial charge in [0.05, 0.1) is 38.9 Å². The maximum Gasteiger partial charge on any atom is 1.00 e. The number of nitrogens with one attached hydrogen (secondary N) is 1. The Bertz CT molecular complexity index is 2020. The molecule has 5 heterocycles. The summed E-state index contributed by atoms with van der Waals surface area (Å²) in [4.78, 5) is 87.3. The second-order valence-electron chi connectivity index (χ2n) is 11.2. The van der Waals surface area contributed by atoms with Gasteiger partial charge in [-0.05, 0) is 6.92 Å². The number of imidazole rings is 1. The van der Waals surface area contributed by atoms with E-state index in [1.165, 1.54) is 37.5 Å². The van der Waals surface area contributed by atoms with E-state index in [0.717, 1.165) is 11.7 Å². The van der Waals surface area contributed by atoms with Gasteiger partial charge in [0.15, 0.2) is 17.7 Å². The van der Waals surface area contributed by atoms with Crippen LogP contribution in [0.15, 0.2) is 28.4 Å². The summed E-state index contributed by atoms with van der Waals surface area (Å²) in [5.74, 6) is 0.105. The van der Waals surface area contributed by atoms with Crippen molar-refractivity contribution in [1.82, 2.24) is 29.1 Å². The van der Waals surface area contributed by atoms with Crippen LogP contribution >= 0.6 is 20.2 Å². The molecule has 2 saturated heterocycles. The number of hydrogen-bond acceptors (Lipinski definition) is 21. The van der Waals surface area contributed by atoms with Crippen molar-refractivity contribution < 1.29 is 150 Å². The number of nitrogens with zero attached hydrogens (tertiary/aromatic N) is 5. The molecule has 2 aliphatic rings. The zero-order valence-corrected chi connectivity index (χ0v) is 41.5. The Hall–Kier alpha value is 1.46. The molecular weight excluding hydrogens is 884 g/mol. The summed E-state index contributed by atoms with van der Waals surface area (Å²) >= 11 is 14.6. The van der Waals surface area contributed by atoms with E-state index in [1.54, 1.807) is 0 Å². The third-order valence-electron chi connectivity index (χ3n) is 7.72. The molecule has 3 aromatic heterocycles. The average molecular weight is 918 g/mol. The van der Waals surface area contributed by atoms with Gasteiger partial charge >= 0.3 is 94.4 Å². The first-order chi connectivity index (χ1) is 24.4. The number of rotatable bonds is 17. The van der Waals surface area contributed by atoms with Crippen LogP contribution in [0, 0.1) is 6.92 Å². The normalized spacial score (nSPS) is 26.9. The van der Waals surface area contributed by atoms with Crippen LogP contribution in [-0.4, -0.2) is 105 Å². The van der Waals surface area contributed by atoms with Gasteiger partial charge in [-0.2, -0.15) is 0 Å². The number of fused-ring (bicyclic) bond motifs is 1. The molecule has 5 rings (SSSR count). The second-order valence-corrected chi connectivity index (χ2v) is 19.3. The molecule has 290 valence electrons. The van der Waals surface area contributed by atoms with Gasteiger partial charge in [-0.3, -0.25) is 18.9 Å². The smallest absolute Gasteiger partial charge is 0.780 e. The van der Waals surface area contributed by atoms with Crippen molar-refractivity contribution >= 4 is 72.6 Å². The Balaban J connectivity index is 0.00000348. The van der Waals surface area contributed by atoms with Crippen molar-refractivity contribution in [2.45, 2.75) is 56.3 Å². The largest absolute Gasteiger partial charge is 1.00 e. The third kappa shape index (κ3) is 14.0. The molecule has 55 heavy (non-hydrogen) atoms. The van der Waals surface area contributed by atoms with Gasteiger partial charge in [0.1, 0.15) is 62.6 Å². The number of ether oxygens (including phenoxy) is 4. The number of aryl methyl sites for hydroxylation is 1. The van der Waals surface area contributed by atoms with Crippen molar-refractivity contribution in [3.8, 4) is 0 Å². The Morgan fingerprint density at radius 1 is 0.964 bits per heavy atom. The molecule has 31 heteroatoms. The third-order valence-corrected chi connectivity index (χ3v) is 11.7. The predicted octanol–water partition coefficient (Wildman–Crippen LogP) is -11.3. The monoisotopic (exact) mass is 917 g/mol. The summed E-state index contributed by atoms with van der Waals surface area (Å²) in [5.41, 5.74) is 5.10. The molecule has 0 aromatic carbocycles. The van der Waals surface area contributed by atoms with Gasteiger partial charge in [-0.15, -0.1) is 0 Å². The quantitative estimate of drug-likeness (QED) is 0.0643. The fourth-order valence-corrected chi connectivity index (χ4v) is 8.26. The zero-order chi connectivity index (χ0) is 38.0. The van der Waals surface area contributed by atoms with E-state index in [9.17, 15) is 29.2 Å². The summed E-state index contributed by atoms with van der Waals surface area (Å²) < 4.78 is 52.3. The van der Waals surface area contributed by atoms with E-state index in [0.29, 0.717) is 5.65 Å². The summed E-state index contributed by atoms with van der Waals surface area (Å²) in [7, 11) is 2.48. The molecule has 2 aliphatic heterocycles. The van der Waals surface area contributed by atoms with Crippen molar-refractivity contribution in [3.05, 3.63) is 45.3 Å². The van der Waals surface area contributed by atoms with Crippen LogP contribution in [0.25, 0.3) is 11.2 Å². The van der Waals surface area contributed by atoms with E-state index in [4.69, 9.17) is 70.9 Å². The molecule has 0 amide bonds. The number of H-pyrrole nitrogens is 1. The first kappa shape index (κ1) is 52.6. The molecule has 2 fully saturated rings. The Morgan fingerprint density at radius 2 is 1.65 bits per heavy atom. The maximum absolute atomic E-state index is 13.7. The number of nitrogen functional groups attached to an aromatic ring is 1. The number of nitrogens with two attached hydrogens (primary N) is 1. The molecule has 3 aromatic rings. The van der Waals surface area contributed by atoms with Gasteiger partial charge in [-0.1, -0.05) is 35.4 Å². The van der Waals surface area contributed by atoms with Gasteiger partial charge in [-0.25, -0.2) is 19.7 Å². The van der Waals surface area contributed by atoms with Gasteiger partial charge in [0, 0.05) is 32.4 Å². The molecule has 22 nitrogen and oxygen atoms in total. The van der Waals surface area contributed by atoms with Crippen LogP contribution in [0.3, 0.4) is 0 Å². The average Bonchev–Trinajstić information content (AvgIpc) is 3.76. The molecule has 0 saturated carbocycles. The van der Waals surface area contributed by atoms with Crippen LogP contribution < -0.4 is 120 Å². The maximum atomic E-state index is 13.7. The summed E-state index contributed by atoms with van der Waals surface area (Å²) in [6, 6.07) is 0. The first-order valence-electron chi connectivity index (χ1n) is 15.0. The Kier molecular flexibility index (Phi) is 21.5. The number of hydrogen-bond donors (Lipinski definition) is 3. The number of anilines is 1. The second kappa shape index (κ2) is 22.5. The molecule has 10 atom stereocenters. The number of aromatic nitrogens is 6. The molecule has 0 aliphatic carbocycles. The molecule has 0 bridgehead atoms. The number of aromatic amines is 1. The minimum absolute atomic E-state index is 0. The minimum atomic E-state index is -4.52. The molecule has 0 radical (unpaired) electrons. The van der Waals surface area contributed by atoms with Crippen molar-refractivity contribution in [3.63, 3.8) is 0 Å². The molecule has 3 unspecified atom stereocenters.